The standard InChI is InChI=1S/C20H14N4O12S4.Na/c25-37(26,27)11-5-13-17(15(7-11)39(31,32)33)23-19(21-13)9-1-2-10(4-3-9)20-22-14-6-12(38(28,29)30)8-16(18(14)24-20)40(34,35)36;/h1-8H,(H,21,23)(H,22,24)(H,25,26,27)(H,28,29,30)(H,31,32,33)(H,34,35,36);. The third kappa shape index (κ3) is 6.08. The van der Waals surface area contributed by atoms with E-state index in [2.05, 4.69) is 19.9 Å². The molecule has 0 fully saturated rings. The molecule has 1 radical (unpaired) electrons. The fourth-order valence-electron chi connectivity index (χ4n) is 3.87. The predicted octanol–water partition coefficient (Wildman–Crippen LogP) is 1.38. The molecule has 0 aliphatic carbocycles. The van der Waals surface area contributed by atoms with Gasteiger partial charge in [0.15, 0.2) is 0 Å². The zero-order valence-electron chi connectivity index (χ0n) is 20.2. The van der Waals surface area contributed by atoms with Crippen LogP contribution >= 0.6 is 0 Å². The first-order valence-corrected chi connectivity index (χ1v) is 16.2. The Kier molecular flexibility index (Phi) is 7.76. The van der Waals surface area contributed by atoms with Gasteiger partial charge in [-0.05, 0) is 24.3 Å². The first kappa shape index (κ1) is 31.2. The molecule has 211 valence electrons. The van der Waals surface area contributed by atoms with E-state index in [1.807, 2.05) is 0 Å². The summed E-state index contributed by atoms with van der Waals surface area (Å²) < 4.78 is 131. The normalized spacial score (nSPS) is 13.0. The van der Waals surface area contributed by atoms with Gasteiger partial charge in [-0.3, -0.25) is 18.2 Å². The van der Waals surface area contributed by atoms with Crippen LogP contribution in [-0.4, -0.2) is 101 Å². The molecule has 2 aromatic heterocycles. The van der Waals surface area contributed by atoms with Crippen molar-refractivity contribution < 1.29 is 51.9 Å². The molecule has 0 spiro atoms. The number of nitrogens with one attached hydrogen (secondary N) is 2. The molecule has 0 bridgehead atoms. The van der Waals surface area contributed by atoms with E-state index in [0.717, 1.165) is 12.1 Å². The van der Waals surface area contributed by atoms with Gasteiger partial charge in [0.05, 0.1) is 20.8 Å². The molecule has 0 atom stereocenters. The molecule has 0 aliphatic rings. The Balaban J connectivity index is 0.00000387. The molecule has 6 N–H and O–H groups in total. The summed E-state index contributed by atoms with van der Waals surface area (Å²) in [7, 11) is -19.6. The van der Waals surface area contributed by atoms with Crippen LogP contribution in [0.5, 0.6) is 0 Å². The van der Waals surface area contributed by atoms with Crippen molar-refractivity contribution in [2.75, 3.05) is 0 Å². The molecule has 2 heterocycles. The van der Waals surface area contributed by atoms with Crippen molar-refractivity contribution in [1.29, 1.82) is 0 Å². The van der Waals surface area contributed by atoms with Crippen molar-refractivity contribution in [3.8, 4) is 22.8 Å². The Morgan fingerprint density at radius 2 is 0.829 bits per heavy atom. The molecule has 0 unspecified atom stereocenters. The van der Waals surface area contributed by atoms with E-state index in [4.69, 9.17) is 0 Å². The Morgan fingerprint density at radius 3 is 1.10 bits per heavy atom. The fraction of sp³-hybridized carbons (Fsp3) is 0. The van der Waals surface area contributed by atoms with E-state index in [-0.39, 0.29) is 63.3 Å². The molecule has 0 saturated heterocycles. The molecule has 0 aliphatic heterocycles. The predicted molar refractivity (Wildman–Crippen MR) is 142 cm³/mol. The summed E-state index contributed by atoms with van der Waals surface area (Å²) in [5.74, 6) is 0.0741. The van der Waals surface area contributed by atoms with Gasteiger partial charge in [0.2, 0.25) is 0 Å². The Bertz CT molecular complexity index is 2150. The zero-order chi connectivity index (χ0) is 29.4. The minimum absolute atomic E-state index is 0. The molecule has 3 aromatic carbocycles. The number of fused-ring (bicyclic) bond motifs is 2. The van der Waals surface area contributed by atoms with Gasteiger partial charge in [0, 0.05) is 40.7 Å². The zero-order valence-corrected chi connectivity index (χ0v) is 25.5. The van der Waals surface area contributed by atoms with Gasteiger partial charge in [-0.15, -0.1) is 0 Å². The first-order chi connectivity index (χ1) is 18.3. The van der Waals surface area contributed by atoms with Crippen molar-refractivity contribution in [2.45, 2.75) is 19.6 Å². The number of hydrogen-bond donors (Lipinski definition) is 6. The Hall–Kier alpha value is -2.76. The van der Waals surface area contributed by atoms with E-state index >= 15 is 0 Å². The van der Waals surface area contributed by atoms with Crippen molar-refractivity contribution in [3.05, 3.63) is 48.5 Å². The molecular weight excluding hydrogens is 639 g/mol. The second-order valence-electron chi connectivity index (χ2n) is 8.28. The maximum absolute atomic E-state index is 11.8. The summed E-state index contributed by atoms with van der Waals surface area (Å²) >= 11 is 0. The summed E-state index contributed by atoms with van der Waals surface area (Å²) in [4.78, 5) is 10.3. The molecule has 0 saturated carbocycles. The smallest absolute Gasteiger partial charge is 0.296 e. The topological polar surface area (TPSA) is 275 Å². The van der Waals surface area contributed by atoms with Gasteiger partial charge >= 0.3 is 0 Å². The number of nitrogens with zero attached hydrogens (tertiary/aromatic N) is 2. The van der Waals surface area contributed by atoms with Crippen LogP contribution in [0.25, 0.3) is 44.8 Å². The Labute approximate surface area is 253 Å². The van der Waals surface area contributed by atoms with Crippen LogP contribution in [0.3, 0.4) is 0 Å². The molecular formula is C20H14N4NaO12S4. The van der Waals surface area contributed by atoms with E-state index in [9.17, 15) is 51.9 Å². The van der Waals surface area contributed by atoms with Crippen molar-refractivity contribution >= 4 is 92.1 Å². The summed E-state index contributed by atoms with van der Waals surface area (Å²) in [6.45, 7) is 0. The summed E-state index contributed by atoms with van der Waals surface area (Å²) in [6, 6.07) is 8.80. The largest absolute Gasteiger partial charge is 0.338 e. The van der Waals surface area contributed by atoms with Crippen LogP contribution in [0.4, 0.5) is 0 Å². The van der Waals surface area contributed by atoms with Crippen LogP contribution in [-0.2, 0) is 40.5 Å². The van der Waals surface area contributed by atoms with Gasteiger partial charge in [-0.2, -0.15) is 33.7 Å². The molecule has 0 amide bonds. The fourth-order valence-corrected chi connectivity index (χ4v) is 6.44. The molecule has 5 rings (SSSR count). The van der Waals surface area contributed by atoms with E-state index in [1.165, 1.54) is 24.3 Å². The molecule has 16 nitrogen and oxygen atoms in total. The van der Waals surface area contributed by atoms with Crippen LogP contribution < -0.4 is 0 Å². The Morgan fingerprint density at radius 1 is 0.512 bits per heavy atom. The van der Waals surface area contributed by atoms with Crippen molar-refractivity contribution in [1.82, 2.24) is 19.9 Å². The van der Waals surface area contributed by atoms with Crippen LogP contribution in [0.1, 0.15) is 0 Å². The van der Waals surface area contributed by atoms with E-state index in [0.29, 0.717) is 23.3 Å². The second kappa shape index (κ2) is 10.2. The number of H-pyrrole nitrogens is 2. The summed E-state index contributed by atoms with van der Waals surface area (Å²) in [5, 5.41) is 0. The average molecular weight is 654 g/mol. The van der Waals surface area contributed by atoms with Gasteiger partial charge in [0.25, 0.3) is 40.5 Å². The van der Waals surface area contributed by atoms with Crippen LogP contribution in [0.15, 0.2) is 68.1 Å². The van der Waals surface area contributed by atoms with Gasteiger partial charge in [-0.1, -0.05) is 24.3 Å². The minimum atomic E-state index is -4.95. The number of imidazole rings is 2. The summed E-state index contributed by atoms with van der Waals surface area (Å²) in [5.41, 5.74) is -0.216. The van der Waals surface area contributed by atoms with Gasteiger partial charge in [0.1, 0.15) is 32.5 Å². The molecule has 21 heteroatoms. The third-order valence-electron chi connectivity index (χ3n) is 5.63. The minimum Gasteiger partial charge on any atom is -0.338 e. The molecule has 41 heavy (non-hydrogen) atoms. The van der Waals surface area contributed by atoms with Crippen molar-refractivity contribution in [3.63, 3.8) is 0 Å². The van der Waals surface area contributed by atoms with Crippen LogP contribution in [0, 0.1) is 0 Å². The van der Waals surface area contributed by atoms with Gasteiger partial charge < -0.3 is 9.97 Å². The van der Waals surface area contributed by atoms with Crippen LogP contribution in [0.2, 0.25) is 0 Å². The number of rotatable bonds is 6. The number of hydrogen-bond acceptors (Lipinski definition) is 10. The summed E-state index contributed by atoms with van der Waals surface area (Å²) in [6.07, 6.45) is 0. The van der Waals surface area contributed by atoms with Crippen molar-refractivity contribution in [2.24, 2.45) is 0 Å². The maximum atomic E-state index is 11.8. The number of aromatic amines is 2. The van der Waals surface area contributed by atoms with Gasteiger partial charge in [-0.25, -0.2) is 9.97 Å². The first-order valence-electron chi connectivity index (χ1n) is 10.4. The van der Waals surface area contributed by atoms with E-state index < -0.39 is 60.1 Å². The SMILES string of the molecule is O=S(=O)(O)c1cc(S(=O)(=O)O)c2nc(-c3ccc(-c4nc5c(S(=O)(=O)O)cc(S(=O)(=O)O)cc5[nH]4)cc3)[nH]c2c1.[Na]. The maximum Gasteiger partial charge on any atom is 0.296 e. The molecule has 5 aromatic rings. The second-order valence-corrected chi connectivity index (χ2v) is 13.9. The number of aromatic nitrogens is 4. The monoisotopic (exact) mass is 653 g/mol. The van der Waals surface area contributed by atoms with E-state index in [1.54, 1.807) is 0 Å². The quantitative estimate of drug-likeness (QED) is 0.112. The average Bonchev–Trinajstić information content (AvgIpc) is 3.44. The number of benzene rings is 3. The third-order valence-corrected chi connectivity index (χ3v) is 9.03.